The van der Waals surface area contributed by atoms with Crippen molar-refractivity contribution in [1.29, 1.82) is 0 Å². The maximum atomic E-state index is 11.8. The number of fused-ring (bicyclic) bond motifs is 1. The summed E-state index contributed by atoms with van der Waals surface area (Å²) in [5.41, 5.74) is 2.87. The summed E-state index contributed by atoms with van der Waals surface area (Å²) in [5, 5.41) is 5.92. The van der Waals surface area contributed by atoms with Crippen molar-refractivity contribution in [3.63, 3.8) is 0 Å². The standard InChI is InChI=1S/C18H26N2O2/c21-18(20-16-7-2-1-3-8-16)19-11-12-22-17-10-9-14-5-4-6-15(14)13-17/h9-10,13,16H,1-8,11-12H2,(H2,19,20,21). The van der Waals surface area contributed by atoms with Crippen LogP contribution in [0.3, 0.4) is 0 Å². The first-order valence-corrected chi connectivity index (χ1v) is 8.60. The lowest BCUT2D eigenvalue weighted by atomic mass is 9.96. The molecule has 2 N–H and O–H groups in total. The molecule has 4 nitrogen and oxygen atoms in total. The molecule has 1 saturated carbocycles. The molecule has 2 amide bonds. The van der Waals surface area contributed by atoms with Crippen LogP contribution >= 0.6 is 0 Å². The number of rotatable bonds is 5. The zero-order valence-corrected chi connectivity index (χ0v) is 13.2. The summed E-state index contributed by atoms with van der Waals surface area (Å²) >= 11 is 0. The number of hydrogen-bond acceptors (Lipinski definition) is 2. The Hall–Kier alpha value is -1.71. The number of benzene rings is 1. The van der Waals surface area contributed by atoms with Crippen LogP contribution in [0.15, 0.2) is 18.2 Å². The number of ether oxygens (including phenoxy) is 1. The van der Waals surface area contributed by atoms with Crippen LogP contribution in [-0.4, -0.2) is 25.2 Å². The van der Waals surface area contributed by atoms with E-state index in [9.17, 15) is 4.79 Å². The van der Waals surface area contributed by atoms with Gasteiger partial charge < -0.3 is 15.4 Å². The van der Waals surface area contributed by atoms with Crippen LogP contribution in [0, 0.1) is 0 Å². The number of nitrogens with one attached hydrogen (secondary N) is 2. The first-order valence-electron chi connectivity index (χ1n) is 8.60. The van der Waals surface area contributed by atoms with Gasteiger partial charge in [-0.2, -0.15) is 0 Å². The van der Waals surface area contributed by atoms with E-state index in [4.69, 9.17) is 4.74 Å². The average Bonchev–Trinajstić information content (AvgIpc) is 3.00. The summed E-state index contributed by atoms with van der Waals surface area (Å²) in [7, 11) is 0. The van der Waals surface area contributed by atoms with E-state index in [-0.39, 0.29) is 6.03 Å². The lowest BCUT2D eigenvalue weighted by molar-refractivity contribution is 0.228. The highest BCUT2D eigenvalue weighted by Crippen LogP contribution is 2.25. The van der Waals surface area contributed by atoms with Crippen molar-refractivity contribution in [3.8, 4) is 5.75 Å². The molecule has 0 radical (unpaired) electrons. The summed E-state index contributed by atoms with van der Waals surface area (Å²) in [5.74, 6) is 0.912. The lowest BCUT2D eigenvalue weighted by Gasteiger charge is -2.22. The van der Waals surface area contributed by atoms with Gasteiger partial charge in [-0.1, -0.05) is 25.3 Å². The first-order chi connectivity index (χ1) is 10.8. The van der Waals surface area contributed by atoms with Crippen LogP contribution in [-0.2, 0) is 12.8 Å². The summed E-state index contributed by atoms with van der Waals surface area (Å²) in [6, 6.07) is 6.63. The zero-order valence-electron chi connectivity index (χ0n) is 13.2. The van der Waals surface area contributed by atoms with Gasteiger partial charge in [0.25, 0.3) is 0 Å². The smallest absolute Gasteiger partial charge is 0.315 e. The predicted octanol–water partition coefficient (Wildman–Crippen LogP) is 3.19. The van der Waals surface area contributed by atoms with Gasteiger partial charge in [-0.05, 0) is 55.4 Å². The van der Waals surface area contributed by atoms with Crippen molar-refractivity contribution >= 4 is 6.03 Å². The molecule has 1 aromatic carbocycles. The van der Waals surface area contributed by atoms with E-state index >= 15 is 0 Å². The van der Waals surface area contributed by atoms with E-state index in [1.165, 1.54) is 43.2 Å². The van der Waals surface area contributed by atoms with Gasteiger partial charge in [0.2, 0.25) is 0 Å². The highest BCUT2D eigenvalue weighted by atomic mass is 16.5. The number of hydrogen-bond donors (Lipinski definition) is 2. The minimum Gasteiger partial charge on any atom is -0.492 e. The monoisotopic (exact) mass is 302 g/mol. The van der Waals surface area contributed by atoms with Gasteiger partial charge in [-0.15, -0.1) is 0 Å². The molecule has 0 bridgehead atoms. The number of carbonyl (C=O) groups excluding carboxylic acids is 1. The molecule has 1 aromatic rings. The number of aryl methyl sites for hydroxylation is 2. The fraction of sp³-hybridized carbons (Fsp3) is 0.611. The third kappa shape index (κ3) is 4.15. The Morgan fingerprint density at radius 2 is 1.91 bits per heavy atom. The molecule has 120 valence electrons. The van der Waals surface area contributed by atoms with Gasteiger partial charge in [-0.3, -0.25) is 0 Å². The fourth-order valence-electron chi connectivity index (χ4n) is 3.45. The fourth-order valence-corrected chi connectivity index (χ4v) is 3.45. The molecule has 0 aliphatic heterocycles. The average molecular weight is 302 g/mol. The van der Waals surface area contributed by atoms with E-state index in [1.54, 1.807) is 0 Å². The molecule has 4 heteroatoms. The Bertz CT molecular complexity index is 510. The topological polar surface area (TPSA) is 50.4 Å². The molecule has 2 aliphatic rings. The van der Waals surface area contributed by atoms with Crippen molar-refractivity contribution in [2.45, 2.75) is 57.4 Å². The third-order valence-corrected chi connectivity index (χ3v) is 4.67. The van der Waals surface area contributed by atoms with Gasteiger partial charge in [0.15, 0.2) is 0 Å². The molecule has 0 unspecified atom stereocenters. The number of amides is 2. The van der Waals surface area contributed by atoms with Crippen molar-refractivity contribution in [3.05, 3.63) is 29.3 Å². The van der Waals surface area contributed by atoms with Crippen molar-refractivity contribution in [2.24, 2.45) is 0 Å². The van der Waals surface area contributed by atoms with Gasteiger partial charge in [-0.25, -0.2) is 4.79 Å². The van der Waals surface area contributed by atoms with Gasteiger partial charge in [0.1, 0.15) is 12.4 Å². The largest absolute Gasteiger partial charge is 0.492 e. The normalized spacial score (nSPS) is 17.8. The Balaban J connectivity index is 1.34. The Labute approximate surface area is 132 Å². The molecular formula is C18H26N2O2. The molecule has 2 aliphatic carbocycles. The predicted molar refractivity (Wildman–Crippen MR) is 87.4 cm³/mol. The zero-order chi connectivity index (χ0) is 15.2. The maximum absolute atomic E-state index is 11.8. The minimum atomic E-state index is -0.0653. The molecule has 0 saturated heterocycles. The SMILES string of the molecule is O=C(NCCOc1ccc2c(c1)CCC2)NC1CCCCC1. The van der Waals surface area contributed by atoms with E-state index in [0.29, 0.717) is 19.2 Å². The van der Waals surface area contributed by atoms with Gasteiger partial charge in [0.05, 0.1) is 6.54 Å². The number of carbonyl (C=O) groups is 1. The molecule has 0 spiro atoms. The van der Waals surface area contributed by atoms with Crippen LogP contribution < -0.4 is 15.4 Å². The van der Waals surface area contributed by atoms with Crippen molar-refractivity contribution in [2.75, 3.05) is 13.2 Å². The van der Waals surface area contributed by atoms with Crippen LogP contribution in [0.1, 0.15) is 49.7 Å². The summed E-state index contributed by atoms with van der Waals surface area (Å²) in [4.78, 5) is 11.8. The Morgan fingerprint density at radius 1 is 1.09 bits per heavy atom. The Kier molecular flexibility index (Phi) is 5.20. The highest BCUT2D eigenvalue weighted by Gasteiger charge is 2.15. The maximum Gasteiger partial charge on any atom is 0.315 e. The van der Waals surface area contributed by atoms with Crippen LogP contribution in [0.25, 0.3) is 0 Å². The second-order valence-electron chi connectivity index (χ2n) is 6.37. The Morgan fingerprint density at radius 3 is 2.77 bits per heavy atom. The van der Waals surface area contributed by atoms with Crippen LogP contribution in [0.2, 0.25) is 0 Å². The van der Waals surface area contributed by atoms with E-state index in [0.717, 1.165) is 25.0 Å². The molecular weight excluding hydrogens is 276 g/mol. The second-order valence-corrected chi connectivity index (χ2v) is 6.37. The molecule has 0 atom stereocenters. The first kappa shape index (κ1) is 15.2. The summed E-state index contributed by atoms with van der Waals surface area (Å²) in [6.07, 6.45) is 9.58. The second kappa shape index (κ2) is 7.52. The van der Waals surface area contributed by atoms with E-state index in [1.807, 2.05) is 6.07 Å². The minimum absolute atomic E-state index is 0.0653. The summed E-state index contributed by atoms with van der Waals surface area (Å²) in [6.45, 7) is 1.05. The molecule has 0 aromatic heterocycles. The highest BCUT2D eigenvalue weighted by molar-refractivity contribution is 5.74. The van der Waals surface area contributed by atoms with Gasteiger partial charge >= 0.3 is 6.03 Å². The quantitative estimate of drug-likeness (QED) is 0.821. The molecule has 1 fully saturated rings. The van der Waals surface area contributed by atoms with E-state index in [2.05, 4.69) is 22.8 Å². The van der Waals surface area contributed by atoms with Crippen LogP contribution in [0.5, 0.6) is 5.75 Å². The van der Waals surface area contributed by atoms with E-state index < -0.39 is 0 Å². The van der Waals surface area contributed by atoms with Crippen LogP contribution in [0.4, 0.5) is 4.79 Å². The molecule has 0 heterocycles. The molecule has 3 rings (SSSR count). The lowest BCUT2D eigenvalue weighted by Crippen LogP contribution is -2.44. The van der Waals surface area contributed by atoms with Crippen molar-refractivity contribution < 1.29 is 9.53 Å². The molecule has 22 heavy (non-hydrogen) atoms. The summed E-state index contributed by atoms with van der Waals surface area (Å²) < 4.78 is 5.73. The third-order valence-electron chi connectivity index (χ3n) is 4.67. The van der Waals surface area contributed by atoms with Gasteiger partial charge in [0, 0.05) is 6.04 Å². The number of urea groups is 1. The van der Waals surface area contributed by atoms with Crippen molar-refractivity contribution in [1.82, 2.24) is 10.6 Å².